The first kappa shape index (κ1) is 21.3. The highest BCUT2D eigenvalue weighted by Crippen LogP contribution is 2.23. The van der Waals surface area contributed by atoms with Gasteiger partial charge < -0.3 is 0 Å². The Morgan fingerprint density at radius 2 is 0.938 bits per heavy atom. The van der Waals surface area contributed by atoms with E-state index >= 15 is 0 Å². The van der Waals surface area contributed by atoms with Crippen LogP contribution in [-0.4, -0.2) is 0 Å². The maximum Gasteiger partial charge on any atom is -0.0380 e. The summed E-state index contributed by atoms with van der Waals surface area (Å²) in [6.07, 6.45) is 6.60. The van der Waals surface area contributed by atoms with E-state index in [9.17, 15) is 0 Å². The zero-order valence-corrected chi connectivity index (χ0v) is 13.6. The summed E-state index contributed by atoms with van der Waals surface area (Å²) in [5.74, 6) is 0.843. The van der Waals surface area contributed by atoms with Crippen molar-refractivity contribution in [3.8, 4) is 0 Å². The molecule has 0 aliphatic carbocycles. The third kappa shape index (κ3) is 48.3. The number of unbranched alkanes of at least 4 members (excludes halogenated alkanes) is 2. The number of rotatable bonds is 3. The van der Waals surface area contributed by atoms with Crippen molar-refractivity contribution in [1.82, 2.24) is 0 Å². The van der Waals surface area contributed by atoms with Gasteiger partial charge in [0.25, 0.3) is 0 Å². The first-order valence-electron chi connectivity index (χ1n) is 7.24. The summed E-state index contributed by atoms with van der Waals surface area (Å²) in [6, 6.07) is 0. The van der Waals surface area contributed by atoms with Crippen LogP contribution in [0.1, 0.15) is 94.4 Å². The van der Waals surface area contributed by atoms with Gasteiger partial charge in [-0.2, -0.15) is 0 Å². The molecule has 16 heavy (non-hydrogen) atoms. The highest BCUT2D eigenvalue weighted by molar-refractivity contribution is 4.62. The molecule has 0 aromatic heterocycles. The summed E-state index contributed by atoms with van der Waals surface area (Å²) >= 11 is 0. The van der Waals surface area contributed by atoms with Gasteiger partial charge in [0.05, 0.1) is 0 Å². The SMILES string of the molecule is CC(C)CC(C)(C)C.CCCC.CCCC. The summed E-state index contributed by atoms with van der Waals surface area (Å²) in [4.78, 5) is 0. The maximum atomic E-state index is 2.28. The molecule has 0 aliphatic heterocycles. The van der Waals surface area contributed by atoms with Crippen molar-refractivity contribution in [3.05, 3.63) is 0 Å². The molecule has 0 rings (SSSR count). The predicted octanol–water partition coefficient (Wildman–Crippen LogP) is 6.69. The monoisotopic (exact) mass is 230 g/mol. The van der Waals surface area contributed by atoms with Crippen LogP contribution in [0.5, 0.6) is 0 Å². The molecule has 0 nitrogen and oxygen atoms in total. The van der Waals surface area contributed by atoms with Gasteiger partial charge in [-0.3, -0.25) is 0 Å². The number of hydrogen-bond acceptors (Lipinski definition) is 0. The molecule has 0 saturated heterocycles. The number of hydrogen-bond donors (Lipinski definition) is 0. The molecule has 0 radical (unpaired) electrons. The fourth-order valence-electron chi connectivity index (χ4n) is 1.22. The molecule has 0 aromatic rings. The lowest BCUT2D eigenvalue weighted by Gasteiger charge is -2.19. The Morgan fingerprint density at radius 3 is 0.938 bits per heavy atom. The third-order valence-electron chi connectivity index (χ3n) is 2.02. The van der Waals surface area contributed by atoms with Crippen molar-refractivity contribution in [1.29, 1.82) is 0 Å². The van der Waals surface area contributed by atoms with Gasteiger partial charge in [0.2, 0.25) is 0 Å². The molecule has 0 aliphatic rings. The lowest BCUT2D eigenvalue weighted by molar-refractivity contribution is 0.320. The molecule has 0 spiro atoms. The van der Waals surface area contributed by atoms with Crippen molar-refractivity contribution in [2.45, 2.75) is 94.4 Å². The van der Waals surface area contributed by atoms with E-state index in [0.29, 0.717) is 5.41 Å². The minimum Gasteiger partial charge on any atom is -0.0654 e. The van der Waals surface area contributed by atoms with Crippen molar-refractivity contribution in [2.24, 2.45) is 11.3 Å². The quantitative estimate of drug-likeness (QED) is 0.506. The van der Waals surface area contributed by atoms with Crippen LogP contribution in [0.3, 0.4) is 0 Å². The van der Waals surface area contributed by atoms with Gasteiger partial charge >= 0.3 is 0 Å². The lowest BCUT2D eigenvalue weighted by Crippen LogP contribution is -2.08. The van der Waals surface area contributed by atoms with Crippen LogP contribution < -0.4 is 0 Å². The average molecular weight is 230 g/mol. The van der Waals surface area contributed by atoms with Gasteiger partial charge in [0.1, 0.15) is 0 Å². The summed E-state index contributed by atoms with van der Waals surface area (Å²) < 4.78 is 0. The minimum atomic E-state index is 0.522. The molecule has 0 N–H and O–H groups in total. The zero-order valence-electron chi connectivity index (χ0n) is 13.6. The van der Waals surface area contributed by atoms with Gasteiger partial charge in [-0.1, -0.05) is 88.0 Å². The van der Waals surface area contributed by atoms with E-state index in [-0.39, 0.29) is 0 Å². The first-order valence-corrected chi connectivity index (χ1v) is 7.24. The predicted molar refractivity (Wildman–Crippen MR) is 80.1 cm³/mol. The van der Waals surface area contributed by atoms with Crippen molar-refractivity contribution in [3.63, 3.8) is 0 Å². The summed E-state index contributed by atoms with van der Waals surface area (Å²) in [7, 11) is 0. The summed E-state index contributed by atoms with van der Waals surface area (Å²) in [5.41, 5.74) is 0.522. The largest absolute Gasteiger partial charge is 0.0654 e. The van der Waals surface area contributed by atoms with E-state index in [2.05, 4.69) is 62.3 Å². The minimum absolute atomic E-state index is 0.522. The van der Waals surface area contributed by atoms with E-state index in [1.54, 1.807) is 0 Å². The molecule has 0 heterocycles. The van der Waals surface area contributed by atoms with Gasteiger partial charge in [-0.15, -0.1) is 0 Å². The highest BCUT2D eigenvalue weighted by atomic mass is 14.2. The molecule has 0 atom stereocenters. The summed E-state index contributed by atoms with van der Waals surface area (Å²) in [5, 5.41) is 0. The molecule has 102 valence electrons. The molecule has 0 fully saturated rings. The van der Waals surface area contributed by atoms with Crippen LogP contribution in [0.2, 0.25) is 0 Å². The van der Waals surface area contributed by atoms with E-state index < -0.39 is 0 Å². The average Bonchev–Trinajstić information content (AvgIpc) is 2.15. The van der Waals surface area contributed by atoms with Gasteiger partial charge in [0, 0.05) is 0 Å². The fourth-order valence-corrected chi connectivity index (χ4v) is 1.22. The summed E-state index contributed by atoms with van der Waals surface area (Å²) in [6.45, 7) is 20.1. The van der Waals surface area contributed by atoms with Crippen molar-refractivity contribution in [2.75, 3.05) is 0 Å². The molecule has 0 bridgehead atoms. The van der Waals surface area contributed by atoms with Crippen molar-refractivity contribution >= 4 is 0 Å². The van der Waals surface area contributed by atoms with Crippen LogP contribution in [0.4, 0.5) is 0 Å². The topological polar surface area (TPSA) is 0 Å². The van der Waals surface area contributed by atoms with Gasteiger partial charge in [0.15, 0.2) is 0 Å². The second-order valence-corrected chi connectivity index (χ2v) is 6.16. The van der Waals surface area contributed by atoms with Crippen LogP contribution in [-0.2, 0) is 0 Å². The second kappa shape index (κ2) is 15.0. The van der Waals surface area contributed by atoms with Crippen molar-refractivity contribution < 1.29 is 0 Å². The lowest BCUT2D eigenvalue weighted by atomic mass is 9.86. The highest BCUT2D eigenvalue weighted by Gasteiger charge is 2.11. The molecule has 0 aromatic carbocycles. The zero-order chi connectivity index (χ0) is 13.6. The normalized spacial score (nSPS) is 10.1. The molecule has 0 amide bonds. The van der Waals surface area contributed by atoms with Gasteiger partial charge in [-0.25, -0.2) is 0 Å². The Labute approximate surface area is 106 Å². The van der Waals surface area contributed by atoms with Crippen LogP contribution in [0.25, 0.3) is 0 Å². The van der Waals surface area contributed by atoms with E-state index in [0.717, 1.165) is 5.92 Å². The van der Waals surface area contributed by atoms with Crippen LogP contribution in [0, 0.1) is 11.3 Å². The smallest absolute Gasteiger partial charge is 0.0380 e. The Bertz CT molecular complexity index is 87.1. The van der Waals surface area contributed by atoms with E-state index in [1.807, 2.05) is 0 Å². The Morgan fingerprint density at radius 1 is 0.688 bits per heavy atom. The van der Waals surface area contributed by atoms with Crippen LogP contribution in [0.15, 0.2) is 0 Å². The van der Waals surface area contributed by atoms with E-state index in [1.165, 1.54) is 32.1 Å². The second-order valence-electron chi connectivity index (χ2n) is 6.16. The Balaban J connectivity index is -0.000000179. The first-order chi connectivity index (χ1) is 7.24. The molecule has 0 heteroatoms. The fraction of sp³-hybridized carbons (Fsp3) is 1.00. The Kier molecular flexibility index (Phi) is 20.0. The van der Waals surface area contributed by atoms with Crippen LogP contribution >= 0.6 is 0 Å². The molecular weight excluding hydrogens is 192 g/mol. The molecule has 0 saturated carbocycles. The third-order valence-corrected chi connectivity index (χ3v) is 2.02. The maximum absolute atomic E-state index is 2.28. The van der Waals surface area contributed by atoms with Gasteiger partial charge in [-0.05, 0) is 17.8 Å². The molecular formula is C16H38. The standard InChI is InChI=1S/C8H18.2C4H10/c1-7(2)6-8(3,4)5;2*1-3-4-2/h7H,6H2,1-5H3;2*3-4H2,1-2H3. The van der Waals surface area contributed by atoms with E-state index in [4.69, 9.17) is 0 Å². The molecule has 0 unspecified atom stereocenters. The Hall–Kier alpha value is 0.